The molecule has 1 saturated carbocycles. The summed E-state index contributed by atoms with van der Waals surface area (Å²) in [6.07, 6.45) is 7.14. The van der Waals surface area contributed by atoms with Crippen molar-refractivity contribution in [1.82, 2.24) is 0 Å². The van der Waals surface area contributed by atoms with Gasteiger partial charge in [0.1, 0.15) is 6.04 Å². The second kappa shape index (κ2) is 4.36. The molecule has 0 spiro atoms. The summed E-state index contributed by atoms with van der Waals surface area (Å²) < 4.78 is 5.12. The zero-order valence-corrected chi connectivity index (χ0v) is 9.52. The molecule has 0 heterocycles. The Kier molecular flexibility index (Phi) is 3.08. The second-order valence-electron chi connectivity index (χ2n) is 4.64. The van der Waals surface area contributed by atoms with Crippen molar-refractivity contribution in [2.45, 2.75) is 38.6 Å². The second-order valence-corrected chi connectivity index (χ2v) is 4.64. The molecule has 0 aromatic rings. The third kappa shape index (κ3) is 1.56. The topological polar surface area (TPSA) is 55.7 Å². The largest absolute Gasteiger partial charge is 0.465 e. The van der Waals surface area contributed by atoms with E-state index in [-0.39, 0.29) is 11.9 Å². The van der Waals surface area contributed by atoms with Gasteiger partial charge in [-0.25, -0.2) is 0 Å². The van der Waals surface area contributed by atoms with Crippen molar-refractivity contribution in [3.63, 3.8) is 0 Å². The fourth-order valence-electron chi connectivity index (χ4n) is 3.00. The highest BCUT2D eigenvalue weighted by molar-refractivity contribution is 5.79. The summed E-state index contributed by atoms with van der Waals surface area (Å²) in [5, 5.41) is 3.22. The predicted molar refractivity (Wildman–Crippen MR) is 59.7 cm³/mol. The highest BCUT2D eigenvalue weighted by Gasteiger charge is 2.55. The van der Waals surface area contributed by atoms with E-state index >= 15 is 0 Å². The molecule has 3 unspecified atom stereocenters. The lowest BCUT2D eigenvalue weighted by molar-refractivity contribution is -0.156. The van der Waals surface area contributed by atoms with Gasteiger partial charge in [-0.05, 0) is 38.5 Å². The van der Waals surface area contributed by atoms with Gasteiger partial charge in [0.25, 0.3) is 0 Å². The molecule has 1 fully saturated rings. The highest BCUT2D eigenvalue weighted by Crippen LogP contribution is 2.50. The van der Waals surface area contributed by atoms with Crippen molar-refractivity contribution in [3.05, 3.63) is 17.1 Å². The Morgan fingerprint density at radius 2 is 2.38 bits per heavy atom. The Hall–Kier alpha value is -1.19. The first-order chi connectivity index (χ1) is 7.74. The number of carbonyl (C=O) groups excluding carboxylic acids is 1. The molecule has 88 valence electrons. The Morgan fingerprint density at radius 1 is 1.56 bits per heavy atom. The van der Waals surface area contributed by atoms with Crippen LogP contribution in [0, 0.1) is 16.2 Å². The Balaban J connectivity index is 2.30. The number of nitrogens with zero attached hydrogens (tertiary/aromatic N) is 1. The zero-order chi connectivity index (χ0) is 11.6. The average molecular weight is 223 g/mol. The number of rotatable bonds is 3. The van der Waals surface area contributed by atoms with Gasteiger partial charge in [-0.1, -0.05) is 17.3 Å². The molecule has 0 amide bonds. The third-order valence-electron chi connectivity index (χ3n) is 3.86. The van der Waals surface area contributed by atoms with E-state index in [1.165, 1.54) is 0 Å². The fraction of sp³-hybridized carbons (Fsp3) is 0.750. The van der Waals surface area contributed by atoms with E-state index in [1.807, 2.05) is 6.08 Å². The summed E-state index contributed by atoms with van der Waals surface area (Å²) in [6.45, 7) is 2.15. The predicted octanol–water partition coefficient (Wildman–Crippen LogP) is 2.43. The van der Waals surface area contributed by atoms with Crippen LogP contribution in [0.5, 0.6) is 0 Å². The van der Waals surface area contributed by atoms with E-state index in [1.54, 1.807) is 6.92 Å². The van der Waals surface area contributed by atoms with Gasteiger partial charge in [0.15, 0.2) is 0 Å². The Morgan fingerprint density at radius 3 is 3.06 bits per heavy atom. The molecule has 0 saturated heterocycles. The van der Waals surface area contributed by atoms with Crippen LogP contribution in [-0.4, -0.2) is 18.6 Å². The molecule has 0 N–H and O–H groups in total. The maximum atomic E-state index is 12.0. The standard InChI is InChI=1S/C12H17NO3/c1-2-16-11(14)12-7-4-3-5-9(6-8-12)10(12)13-15/h3-4,9-10H,2,5-8H2,1H3. The molecule has 16 heavy (non-hydrogen) atoms. The third-order valence-corrected chi connectivity index (χ3v) is 3.86. The Bertz CT molecular complexity index is 326. The van der Waals surface area contributed by atoms with Gasteiger partial charge in [-0.3, -0.25) is 4.79 Å². The lowest BCUT2D eigenvalue weighted by Gasteiger charge is -2.28. The maximum absolute atomic E-state index is 12.0. The number of esters is 1. The van der Waals surface area contributed by atoms with Crippen LogP contribution in [0.4, 0.5) is 0 Å². The van der Waals surface area contributed by atoms with Crippen molar-refractivity contribution in [3.8, 4) is 0 Å². The number of nitroso groups, excluding NO2 is 1. The SMILES string of the molecule is CCOC(=O)C12CC=CCC(CC1)C2N=O. The Labute approximate surface area is 95.0 Å². The molecular formula is C12H17NO3. The summed E-state index contributed by atoms with van der Waals surface area (Å²) in [6, 6.07) is -0.401. The number of fused-ring (bicyclic) bond motifs is 2. The van der Waals surface area contributed by atoms with Crippen LogP contribution in [-0.2, 0) is 9.53 Å². The van der Waals surface area contributed by atoms with E-state index in [2.05, 4.69) is 11.3 Å². The molecule has 2 aliphatic rings. The summed E-state index contributed by atoms with van der Waals surface area (Å²) in [7, 11) is 0. The van der Waals surface area contributed by atoms with Gasteiger partial charge in [-0.15, -0.1) is 0 Å². The lowest BCUT2D eigenvalue weighted by Crippen LogP contribution is -2.40. The lowest BCUT2D eigenvalue weighted by atomic mass is 9.79. The minimum Gasteiger partial charge on any atom is -0.465 e. The summed E-state index contributed by atoms with van der Waals surface area (Å²) in [5.41, 5.74) is -0.671. The van der Waals surface area contributed by atoms with Crippen LogP contribution in [0.3, 0.4) is 0 Å². The normalized spacial score (nSPS) is 36.8. The van der Waals surface area contributed by atoms with Crippen molar-refractivity contribution in [2.75, 3.05) is 6.61 Å². The van der Waals surface area contributed by atoms with Crippen LogP contribution in [0.15, 0.2) is 17.3 Å². The number of hydrogen-bond donors (Lipinski definition) is 0. The first-order valence-corrected chi connectivity index (χ1v) is 5.89. The summed E-state index contributed by atoms with van der Waals surface area (Å²) in [4.78, 5) is 23.0. The number of hydrogen-bond acceptors (Lipinski definition) is 4. The molecule has 0 aromatic heterocycles. The summed E-state index contributed by atoms with van der Waals surface area (Å²) >= 11 is 0. The molecule has 3 atom stereocenters. The summed E-state index contributed by atoms with van der Waals surface area (Å²) in [5.74, 6) is -0.0192. The van der Waals surface area contributed by atoms with Crippen LogP contribution < -0.4 is 0 Å². The van der Waals surface area contributed by atoms with Gasteiger partial charge in [0, 0.05) is 0 Å². The smallest absolute Gasteiger partial charge is 0.314 e. The minimum absolute atomic E-state index is 0.223. The molecule has 0 aliphatic heterocycles. The van der Waals surface area contributed by atoms with Crippen molar-refractivity contribution in [1.29, 1.82) is 0 Å². The zero-order valence-electron chi connectivity index (χ0n) is 9.52. The average Bonchev–Trinajstić information content (AvgIpc) is 2.50. The molecule has 2 aliphatic carbocycles. The number of ether oxygens (including phenoxy) is 1. The molecule has 4 heteroatoms. The first kappa shape index (κ1) is 11.3. The fourth-order valence-corrected chi connectivity index (χ4v) is 3.00. The molecule has 4 nitrogen and oxygen atoms in total. The number of carbonyl (C=O) groups is 1. The van der Waals surface area contributed by atoms with Crippen LogP contribution >= 0.6 is 0 Å². The van der Waals surface area contributed by atoms with Crippen molar-refractivity contribution in [2.24, 2.45) is 16.5 Å². The molecular weight excluding hydrogens is 206 g/mol. The van der Waals surface area contributed by atoms with Gasteiger partial charge in [-0.2, -0.15) is 4.91 Å². The van der Waals surface area contributed by atoms with Gasteiger partial charge in [0.2, 0.25) is 0 Å². The highest BCUT2D eigenvalue weighted by atomic mass is 16.5. The monoisotopic (exact) mass is 223 g/mol. The first-order valence-electron chi connectivity index (χ1n) is 5.89. The maximum Gasteiger partial charge on any atom is 0.314 e. The van der Waals surface area contributed by atoms with Gasteiger partial charge < -0.3 is 4.74 Å². The van der Waals surface area contributed by atoms with E-state index in [9.17, 15) is 9.70 Å². The quantitative estimate of drug-likeness (QED) is 0.419. The van der Waals surface area contributed by atoms with Crippen molar-refractivity contribution >= 4 is 5.97 Å². The minimum atomic E-state index is -0.671. The molecule has 2 bridgehead atoms. The van der Waals surface area contributed by atoms with E-state index in [0.29, 0.717) is 13.0 Å². The van der Waals surface area contributed by atoms with Gasteiger partial charge in [0.05, 0.1) is 12.0 Å². The van der Waals surface area contributed by atoms with E-state index in [4.69, 9.17) is 4.74 Å². The molecule has 2 rings (SSSR count). The van der Waals surface area contributed by atoms with Gasteiger partial charge >= 0.3 is 5.97 Å². The van der Waals surface area contributed by atoms with E-state index < -0.39 is 11.5 Å². The van der Waals surface area contributed by atoms with Crippen LogP contribution in [0.2, 0.25) is 0 Å². The molecule has 0 aromatic carbocycles. The van der Waals surface area contributed by atoms with E-state index in [0.717, 1.165) is 19.3 Å². The van der Waals surface area contributed by atoms with Crippen LogP contribution in [0.1, 0.15) is 32.6 Å². The molecule has 0 radical (unpaired) electrons. The number of allylic oxidation sites excluding steroid dienone is 2. The van der Waals surface area contributed by atoms with Crippen molar-refractivity contribution < 1.29 is 9.53 Å². The van der Waals surface area contributed by atoms with Crippen LogP contribution in [0.25, 0.3) is 0 Å².